The maximum atomic E-state index is 12.1. The van der Waals surface area contributed by atoms with Gasteiger partial charge >= 0.3 is 12.4 Å². The quantitative estimate of drug-likeness (QED) is 0.745. The summed E-state index contributed by atoms with van der Waals surface area (Å²) in [7, 11) is 1.48. The minimum atomic E-state index is -4.70. The normalized spacial score (nSPS) is 11.6. The summed E-state index contributed by atoms with van der Waals surface area (Å²) >= 11 is 0. The second-order valence-corrected chi connectivity index (χ2v) is 4.40. The second-order valence-electron chi connectivity index (χ2n) is 4.40. The molecule has 0 N–H and O–H groups in total. The van der Waals surface area contributed by atoms with E-state index in [1.807, 2.05) is 0 Å². The first-order chi connectivity index (χ1) is 10.5. The van der Waals surface area contributed by atoms with E-state index < -0.39 is 6.36 Å². The van der Waals surface area contributed by atoms with Gasteiger partial charge in [-0.2, -0.15) is 0 Å². The van der Waals surface area contributed by atoms with Crippen LogP contribution >= 0.6 is 0 Å². The van der Waals surface area contributed by atoms with E-state index in [0.29, 0.717) is 11.7 Å². The van der Waals surface area contributed by atoms with Crippen molar-refractivity contribution in [2.45, 2.75) is 6.36 Å². The molecular formula is C14H10F3N3O2. The first-order valence-electron chi connectivity index (χ1n) is 6.21. The number of pyridine rings is 1. The van der Waals surface area contributed by atoms with Gasteiger partial charge in [-0.25, -0.2) is 0 Å². The highest BCUT2D eigenvalue weighted by molar-refractivity contribution is 5.65. The van der Waals surface area contributed by atoms with E-state index in [1.54, 1.807) is 34.9 Å². The number of alkyl halides is 3. The van der Waals surface area contributed by atoms with Crippen molar-refractivity contribution in [2.75, 3.05) is 7.11 Å². The highest BCUT2D eigenvalue weighted by Gasteiger charge is 2.30. The Morgan fingerprint density at radius 1 is 0.955 bits per heavy atom. The molecule has 5 nitrogen and oxygen atoms in total. The Bertz CT molecular complexity index is 797. The molecule has 22 heavy (non-hydrogen) atoms. The molecule has 0 radical (unpaired) electrons. The lowest BCUT2D eigenvalue weighted by molar-refractivity contribution is -0.274. The fraction of sp³-hybridized carbons (Fsp3) is 0.143. The van der Waals surface area contributed by atoms with Crippen molar-refractivity contribution in [3.63, 3.8) is 0 Å². The average Bonchev–Trinajstić information content (AvgIpc) is 2.88. The number of benzene rings is 1. The number of nitrogens with zero attached hydrogens (tertiary/aromatic N) is 3. The van der Waals surface area contributed by atoms with Crippen LogP contribution in [0.25, 0.3) is 16.8 Å². The van der Waals surface area contributed by atoms with Gasteiger partial charge in [-0.1, -0.05) is 17.2 Å². The number of rotatable bonds is 3. The second kappa shape index (κ2) is 5.21. The van der Waals surface area contributed by atoms with E-state index >= 15 is 0 Å². The first-order valence-corrected chi connectivity index (χ1v) is 6.21. The molecule has 3 aromatic rings. The summed E-state index contributed by atoms with van der Waals surface area (Å²) in [5, 5.41) is 7.77. The molecule has 0 atom stereocenters. The molecule has 2 aromatic heterocycles. The highest BCUT2D eigenvalue weighted by atomic mass is 19.4. The molecule has 0 fully saturated rings. The van der Waals surface area contributed by atoms with Crippen LogP contribution in [-0.4, -0.2) is 28.1 Å². The molecule has 8 heteroatoms. The molecule has 0 amide bonds. The van der Waals surface area contributed by atoms with Crippen molar-refractivity contribution >= 4 is 5.65 Å². The van der Waals surface area contributed by atoms with Crippen LogP contribution in [0.3, 0.4) is 0 Å². The molecule has 0 aliphatic heterocycles. The van der Waals surface area contributed by atoms with E-state index in [1.165, 1.54) is 19.2 Å². The number of aromatic nitrogens is 3. The van der Waals surface area contributed by atoms with Gasteiger partial charge in [0.2, 0.25) is 0 Å². The van der Waals surface area contributed by atoms with Crippen LogP contribution in [0, 0.1) is 0 Å². The van der Waals surface area contributed by atoms with Crippen LogP contribution in [-0.2, 0) is 0 Å². The molecule has 0 saturated carbocycles. The number of fused-ring (bicyclic) bond motifs is 1. The van der Waals surface area contributed by atoms with Gasteiger partial charge in [0.25, 0.3) is 0 Å². The van der Waals surface area contributed by atoms with Crippen LogP contribution < -0.4 is 9.47 Å². The summed E-state index contributed by atoms with van der Waals surface area (Å²) < 4.78 is 47.0. The fourth-order valence-electron chi connectivity index (χ4n) is 2.03. The standard InChI is InChI=1S/C14H10F3N3O2/c1-21-13-19-18-12-7-4-10(8-20(12)13)9-2-5-11(6-3-9)22-14(15,16)17/h2-8H,1H3. The minimum Gasteiger partial charge on any atom is -0.467 e. The summed E-state index contributed by atoms with van der Waals surface area (Å²) in [6.07, 6.45) is -2.95. The van der Waals surface area contributed by atoms with Crippen molar-refractivity contribution in [3.8, 4) is 22.9 Å². The van der Waals surface area contributed by atoms with Crippen molar-refractivity contribution in [1.29, 1.82) is 0 Å². The number of ether oxygens (including phenoxy) is 2. The number of hydrogen-bond donors (Lipinski definition) is 0. The van der Waals surface area contributed by atoms with Crippen LogP contribution in [0.5, 0.6) is 11.8 Å². The summed E-state index contributed by atoms with van der Waals surface area (Å²) in [4.78, 5) is 0. The molecule has 114 valence electrons. The molecule has 0 aliphatic carbocycles. The van der Waals surface area contributed by atoms with Crippen molar-refractivity contribution in [2.24, 2.45) is 0 Å². The van der Waals surface area contributed by atoms with E-state index in [2.05, 4.69) is 14.9 Å². The molecule has 0 aliphatic rings. The highest BCUT2D eigenvalue weighted by Crippen LogP contribution is 2.27. The maximum absolute atomic E-state index is 12.1. The van der Waals surface area contributed by atoms with Crippen LogP contribution in [0.15, 0.2) is 42.6 Å². The van der Waals surface area contributed by atoms with E-state index in [0.717, 1.165) is 11.1 Å². The van der Waals surface area contributed by atoms with Gasteiger partial charge in [0.05, 0.1) is 7.11 Å². The third-order valence-corrected chi connectivity index (χ3v) is 2.97. The van der Waals surface area contributed by atoms with Gasteiger partial charge in [-0.3, -0.25) is 4.40 Å². The summed E-state index contributed by atoms with van der Waals surface area (Å²) in [6, 6.07) is 9.47. The largest absolute Gasteiger partial charge is 0.573 e. The Hall–Kier alpha value is -2.77. The van der Waals surface area contributed by atoms with Crippen molar-refractivity contribution in [3.05, 3.63) is 42.6 Å². The molecule has 0 spiro atoms. The van der Waals surface area contributed by atoms with Gasteiger partial charge in [-0.05, 0) is 35.4 Å². The number of halogens is 3. The van der Waals surface area contributed by atoms with Crippen LogP contribution in [0.1, 0.15) is 0 Å². The fourth-order valence-corrected chi connectivity index (χ4v) is 2.03. The van der Waals surface area contributed by atoms with E-state index in [-0.39, 0.29) is 5.75 Å². The minimum absolute atomic E-state index is 0.265. The molecule has 3 rings (SSSR count). The van der Waals surface area contributed by atoms with Gasteiger partial charge in [0.1, 0.15) is 5.75 Å². The lowest BCUT2D eigenvalue weighted by Gasteiger charge is -2.09. The molecule has 0 bridgehead atoms. The van der Waals surface area contributed by atoms with Crippen molar-refractivity contribution < 1.29 is 22.6 Å². The van der Waals surface area contributed by atoms with Crippen LogP contribution in [0.4, 0.5) is 13.2 Å². The SMILES string of the molecule is COc1nnc2ccc(-c3ccc(OC(F)(F)F)cc3)cn12. The Labute approximate surface area is 122 Å². The first kappa shape index (κ1) is 14.2. The zero-order valence-electron chi connectivity index (χ0n) is 11.3. The summed E-state index contributed by atoms with van der Waals surface area (Å²) in [5.41, 5.74) is 2.12. The zero-order chi connectivity index (χ0) is 15.7. The molecule has 0 saturated heterocycles. The summed E-state index contributed by atoms with van der Waals surface area (Å²) in [5.74, 6) is -0.265. The Morgan fingerprint density at radius 3 is 2.27 bits per heavy atom. The third kappa shape index (κ3) is 2.80. The topological polar surface area (TPSA) is 48.7 Å². The zero-order valence-corrected chi connectivity index (χ0v) is 11.3. The number of methoxy groups -OCH3 is 1. The monoisotopic (exact) mass is 309 g/mol. The van der Waals surface area contributed by atoms with Gasteiger partial charge in [-0.15, -0.1) is 18.3 Å². The lowest BCUT2D eigenvalue weighted by Crippen LogP contribution is -2.16. The molecular weight excluding hydrogens is 299 g/mol. The summed E-state index contributed by atoms with van der Waals surface area (Å²) in [6.45, 7) is 0. The number of hydrogen-bond acceptors (Lipinski definition) is 4. The lowest BCUT2D eigenvalue weighted by atomic mass is 10.1. The Morgan fingerprint density at radius 2 is 1.64 bits per heavy atom. The van der Waals surface area contributed by atoms with Crippen LogP contribution in [0.2, 0.25) is 0 Å². The smallest absolute Gasteiger partial charge is 0.467 e. The van der Waals surface area contributed by atoms with Crippen molar-refractivity contribution in [1.82, 2.24) is 14.6 Å². The predicted octanol–water partition coefficient (Wildman–Crippen LogP) is 3.30. The van der Waals surface area contributed by atoms with Gasteiger partial charge < -0.3 is 9.47 Å². The van der Waals surface area contributed by atoms with E-state index in [9.17, 15) is 13.2 Å². The van der Waals surface area contributed by atoms with Gasteiger partial charge in [0.15, 0.2) is 5.65 Å². The molecule has 0 unspecified atom stereocenters. The maximum Gasteiger partial charge on any atom is 0.573 e. The average molecular weight is 309 g/mol. The predicted molar refractivity (Wildman–Crippen MR) is 71.7 cm³/mol. The third-order valence-electron chi connectivity index (χ3n) is 2.97. The Balaban J connectivity index is 1.93. The Kier molecular flexibility index (Phi) is 3.36. The molecule has 2 heterocycles. The van der Waals surface area contributed by atoms with E-state index in [4.69, 9.17) is 4.74 Å². The molecule has 1 aromatic carbocycles. The van der Waals surface area contributed by atoms with Gasteiger partial charge in [0, 0.05) is 6.20 Å².